The topological polar surface area (TPSA) is 90.5 Å². The molecule has 2 aromatic heterocycles. The molecule has 3 fully saturated rings. The maximum atomic E-state index is 16.9. The predicted molar refractivity (Wildman–Crippen MR) is 171 cm³/mol. The van der Waals surface area contributed by atoms with Gasteiger partial charge in [-0.3, -0.25) is 9.89 Å². The van der Waals surface area contributed by atoms with E-state index in [9.17, 15) is 4.79 Å². The predicted octanol–water partition coefficient (Wildman–Crippen LogP) is 5.67. The Morgan fingerprint density at radius 2 is 1.98 bits per heavy atom. The van der Waals surface area contributed by atoms with Gasteiger partial charge in [-0.25, -0.2) is 4.39 Å². The number of halogens is 2. The van der Waals surface area contributed by atoms with Crippen LogP contribution in [0.1, 0.15) is 36.9 Å². The number of nitrogens with one attached hydrogen (secondary N) is 1. The molecule has 4 aromatic rings. The summed E-state index contributed by atoms with van der Waals surface area (Å²) in [5, 5.41) is 9.11. The van der Waals surface area contributed by atoms with Crippen molar-refractivity contribution in [3.63, 3.8) is 0 Å². The van der Waals surface area contributed by atoms with Gasteiger partial charge in [-0.05, 0) is 76.9 Å². The number of aromatic amines is 1. The van der Waals surface area contributed by atoms with Crippen LogP contribution < -0.4 is 9.64 Å². The minimum Gasteiger partial charge on any atom is -0.462 e. The average molecular weight is 618 g/mol. The highest BCUT2D eigenvalue weighted by atomic mass is 35.5. The molecular weight excluding hydrogens is 581 g/mol. The number of carbonyl (C=O) groups is 1. The van der Waals surface area contributed by atoms with Crippen molar-refractivity contribution in [2.75, 3.05) is 51.3 Å². The van der Waals surface area contributed by atoms with Gasteiger partial charge in [0.05, 0.1) is 10.5 Å². The molecule has 0 unspecified atom stereocenters. The number of likely N-dealkylation sites (tertiary alicyclic amines) is 2. The summed E-state index contributed by atoms with van der Waals surface area (Å²) in [5.74, 6) is 0.105. The number of amides is 1. The van der Waals surface area contributed by atoms with E-state index in [1.54, 1.807) is 6.07 Å². The maximum Gasteiger partial charge on any atom is 0.319 e. The number of ether oxygens (including phenoxy) is 1. The third-order valence-electron chi connectivity index (χ3n) is 9.94. The van der Waals surface area contributed by atoms with Gasteiger partial charge in [-0.2, -0.15) is 15.1 Å². The third kappa shape index (κ3) is 4.79. The normalized spacial score (nSPS) is 20.1. The molecule has 44 heavy (non-hydrogen) atoms. The Kier molecular flexibility index (Phi) is 7.24. The summed E-state index contributed by atoms with van der Waals surface area (Å²) in [6.07, 6.45) is 5.34. The monoisotopic (exact) mass is 617 g/mol. The van der Waals surface area contributed by atoms with Gasteiger partial charge in [-0.1, -0.05) is 24.2 Å². The van der Waals surface area contributed by atoms with Crippen LogP contribution in [0, 0.1) is 25.1 Å². The lowest BCUT2D eigenvalue weighted by Crippen LogP contribution is -2.61. The Morgan fingerprint density at radius 3 is 2.68 bits per heavy atom. The molecule has 3 aliphatic rings. The van der Waals surface area contributed by atoms with Crippen molar-refractivity contribution < 1.29 is 13.9 Å². The fraction of sp³-hybridized carbons (Fsp3) is 0.455. The van der Waals surface area contributed by atoms with Crippen molar-refractivity contribution in [2.24, 2.45) is 5.41 Å². The van der Waals surface area contributed by atoms with Crippen molar-refractivity contribution in [2.45, 2.75) is 45.6 Å². The van der Waals surface area contributed by atoms with E-state index in [1.807, 2.05) is 30.9 Å². The number of hydrogen-bond donors (Lipinski definition) is 1. The molecule has 0 radical (unpaired) electrons. The van der Waals surface area contributed by atoms with E-state index in [1.165, 1.54) is 6.08 Å². The molecule has 1 atom stereocenters. The van der Waals surface area contributed by atoms with Crippen LogP contribution in [0.3, 0.4) is 0 Å². The number of nitrogens with zero attached hydrogens (tertiary/aromatic N) is 6. The second-order valence-electron chi connectivity index (χ2n) is 12.7. The quantitative estimate of drug-likeness (QED) is 0.279. The Morgan fingerprint density at radius 1 is 1.20 bits per heavy atom. The molecular formula is C33H37ClFN7O2. The lowest BCUT2D eigenvalue weighted by Gasteiger charge is -2.54. The molecule has 230 valence electrons. The van der Waals surface area contributed by atoms with Gasteiger partial charge in [0.2, 0.25) is 5.91 Å². The highest BCUT2D eigenvalue weighted by Gasteiger charge is 2.46. The van der Waals surface area contributed by atoms with E-state index < -0.39 is 5.82 Å². The number of H-pyrrole nitrogens is 1. The number of anilines is 1. The van der Waals surface area contributed by atoms with Crippen LogP contribution in [0.2, 0.25) is 5.02 Å². The molecule has 1 N–H and O–H groups in total. The van der Waals surface area contributed by atoms with Crippen LogP contribution in [-0.4, -0.2) is 88.3 Å². The second kappa shape index (κ2) is 11.0. The first-order valence-electron chi connectivity index (χ1n) is 15.3. The standard InChI is InChI=1S/C33H37ClFN7O2/c1-5-25(43)42-17-33(18-42)10-13-41(14-11-33)31-22-15-23(34)28(26-19(2)8-9-24-27(26)20(3)38-39-24)29(35)30(22)36-32(37-31)44-16-21-7-6-12-40(21)4/h5,8-9,15,21H,1,6-7,10-14,16-18H2,2-4H3,(H,38,39)/t21-/m0/s1. The molecule has 5 heterocycles. The Hall–Kier alpha value is -3.76. The van der Waals surface area contributed by atoms with E-state index in [2.05, 4.69) is 38.6 Å². The lowest BCUT2D eigenvalue weighted by molar-refractivity contribution is -0.139. The number of rotatable bonds is 6. The minimum absolute atomic E-state index is 0.0213. The van der Waals surface area contributed by atoms with E-state index in [0.29, 0.717) is 34.0 Å². The van der Waals surface area contributed by atoms with Crippen LogP contribution >= 0.6 is 11.6 Å². The van der Waals surface area contributed by atoms with Crippen molar-refractivity contribution in [3.05, 3.63) is 53.0 Å². The van der Waals surface area contributed by atoms with Gasteiger partial charge in [-0.15, -0.1) is 0 Å². The average Bonchev–Trinajstić information content (AvgIpc) is 3.59. The van der Waals surface area contributed by atoms with Crippen LogP contribution in [0.5, 0.6) is 6.01 Å². The molecule has 3 saturated heterocycles. The number of aromatic nitrogens is 4. The fourth-order valence-electron chi connectivity index (χ4n) is 7.30. The molecule has 7 rings (SSSR count). The zero-order valence-corrected chi connectivity index (χ0v) is 26.2. The molecule has 1 amide bonds. The Balaban J connectivity index is 1.30. The number of likely N-dealkylation sites (N-methyl/N-ethyl adjacent to an activating group) is 1. The van der Waals surface area contributed by atoms with Crippen molar-refractivity contribution in [3.8, 4) is 17.1 Å². The molecule has 9 nitrogen and oxygen atoms in total. The molecule has 2 aromatic carbocycles. The van der Waals surface area contributed by atoms with Gasteiger partial charge < -0.3 is 19.4 Å². The molecule has 0 aliphatic carbocycles. The molecule has 1 spiro atoms. The van der Waals surface area contributed by atoms with Crippen LogP contribution in [0.15, 0.2) is 30.9 Å². The number of carbonyl (C=O) groups excluding carboxylic acids is 1. The number of benzene rings is 2. The van der Waals surface area contributed by atoms with Gasteiger partial charge >= 0.3 is 6.01 Å². The van der Waals surface area contributed by atoms with Gasteiger partial charge in [0.15, 0.2) is 5.82 Å². The smallest absolute Gasteiger partial charge is 0.319 e. The molecule has 0 bridgehead atoms. The first kappa shape index (κ1) is 29.0. The van der Waals surface area contributed by atoms with Crippen LogP contribution in [-0.2, 0) is 4.79 Å². The van der Waals surface area contributed by atoms with Crippen molar-refractivity contribution in [1.82, 2.24) is 30.0 Å². The third-order valence-corrected chi connectivity index (χ3v) is 10.2. The van der Waals surface area contributed by atoms with E-state index in [-0.39, 0.29) is 28.9 Å². The summed E-state index contributed by atoms with van der Waals surface area (Å²) >= 11 is 6.96. The zero-order valence-electron chi connectivity index (χ0n) is 25.4. The summed E-state index contributed by atoms with van der Waals surface area (Å²) in [4.78, 5) is 27.9. The fourth-order valence-corrected chi connectivity index (χ4v) is 7.59. The summed E-state index contributed by atoms with van der Waals surface area (Å²) in [7, 11) is 2.09. The molecule has 3 aliphatic heterocycles. The van der Waals surface area contributed by atoms with Gasteiger partial charge in [0, 0.05) is 65.2 Å². The highest BCUT2D eigenvalue weighted by molar-refractivity contribution is 6.35. The summed E-state index contributed by atoms with van der Waals surface area (Å²) < 4.78 is 23.1. The van der Waals surface area contributed by atoms with Gasteiger partial charge in [0.25, 0.3) is 0 Å². The number of piperidine rings is 1. The number of hydrogen-bond acceptors (Lipinski definition) is 7. The van der Waals surface area contributed by atoms with E-state index >= 15 is 4.39 Å². The largest absolute Gasteiger partial charge is 0.462 e. The van der Waals surface area contributed by atoms with Crippen molar-refractivity contribution >= 4 is 45.1 Å². The summed E-state index contributed by atoms with van der Waals surface area (Å²) in [6, 6.07) is 6.09. The first-order valence-corrected chi connectivity index (χ1v) is 15.7. The van der Waals surface area contributed by atoms with Crippen LogP contribution in [0.4, 0.5) is 10.2 Å². The zero-order chi connectivity index (χ0) is 30.7. The Bertz CT molecular complexity index is 1790. The van der Waals surface area contributed by atoms with Gasteiger partial charge in [0.1, 0.15) is 17.9 Å². The summed E-state index contributed by atoms with van der Waals surface area (Å²) in [5.41, 5.74) is 3.77. The maximum absolute atomic E-state index is 16.9. The second-order valence-corrected chi connectivity index (χ2v) is 13.2. The Labute approximate surface area is 261 Å². The number of aryl methyl sites for hydroxylation is 2. The molecule has 11 heteroatoms. The van der Waals surface area contributed by atoms with Crippen molar-refractivity contribution in [1.29, 1.82) is 0 Å². The highest BCUT2D eigenvalue weighted by Crippen LogP contribution is 2.45. The van der Waals surface area contributed by atoms with Crippen LogP contribution in [0.25, 0.3) is 32.9 Å². The first-order chi connectivity index (χ1) is 21.2. The SMILES string of the molecule is C=CC(=O)N1CC2(CCN(c3nc(OC[C@@H]4CCCN4C)nc4c(F)c(-c5c(C)ccc6n[nH]c(C)c56)c(Cl)cc34)CC2)C1. The van der Waals surface area contributed by atoms with E-state index in [0.717, 1.165) is 80.6 Å². The number of fused-ring (bicyclic) bond motifs is 2. The summed E-state index contributed by atoms with van der Waals surface area (Å²) in [6.45, 7) is 11.9. The lowest BCUT2D eigenvalue weighted by atomic mass is 9.72. The van der Waals surface area contributed by atoms with E-state index in [4.69, 9.17) is 21.3 Å². The minimum atomic E-state index is -0.499. The molecule has 0 saturated carbocycles.